The summed E-state index contributed by atoms with van der Waals surface area (Å²) in [6, 6.07) is 14.1. The molecule has 0 amide bonds. The molecule has 102 valence electrons. The van der Waals surface area contributed by atoms with Crippen LogP contribution in [0.15, 0.2) is 52.3 Å². The smallest absolute Gasteiger partial charge is 0.119 e. The van der Waals surface area contributed by atoms with Gasteiger partial charge in [-0.05, 0) is 56.0 Å². The van der Waals surface area contributed by atoms with E-state index in [9.17, 15) is 0 Å². The van der Waals surface area contributed by atoms with E-state index in [1.165, 1.54) is 10.1 Å². The van der Waals surface area contributed by atoms with Gasteiger partial charge in [0, 0.05) is 9.17 Å². The first-order chi connectivity index (χ1) is 9.70. The fraction of sp³-hybridized carbons (Fsp3) is 0.125. The number of fused-ring (bicyclic) bond motifs is 1. The van der Waals surface area contributed by atoms with Crippen LogP contribution in [0.4, 0.5) is 0 Å². The molecule has 0 aliphatic rings. The quantitative estimate of drug-likeness (QED) is 0.516. The summed E-state index contributed by atoms with van der Waals surface area (Å²) in [5.41, 5.74) is 2.19. The van der Waals surface area contributed by atoms with Gasteiger partial charge in [-0.2, -0.15) is 0 Å². The number of ether oxygens (including phenoxy) is 1. The molecule has 20 heavy (non-hydrogen) atoms. The normalized spacial score (nSPS) is 12.6. The van der Waals surface area contributed by atoms with Crippen molar-refractivity contribution in [3.05, 3.63) is 63.4 Å². The summed E-state index contributed by atoms with van der Waals surface area (Å²) < 4.78 is 7.61. The van der Waals surface area contributed by atoms with E-state index in [0.717, 1.165) is 21.3 Å². The lowest BCUT2D eigenvalue weighted by Crippen LogP contribution is -1.93. The third-order valence-corrected chi connectivity index (χ3v) is 5.70. The van der Waals surface area contributed by atoms with E-state index in [4.69, 9.17) is 16.3 Å². The summed E-state index contributed by atoms with van der Waals surface area (Å²) in [6.07, 6.45) is 0. The first-order valence-corrected chi connectivity index (χ1v) is 8.25. The second kappa shape index (κ2) is 5.76. The molecule has 0 N–H and O–H groups in total. The summed E-state index contributed by atoms with van der Waals surface area (Å²) in [4.78, 5) is 0. The molecule has 0 aliphatic carbocycles. The second-order valence-corrected chi connectivity index (χ2v) is 6.62. The van der Waals surface area contributed by atoms with E-state index in [0.29, 0.717) is 0 Å². The van der Waals surface area contributed by atoms with Crippen LogP contribution >= 0.6 is 38.9 Å². The van der Waals surface area contributed by atoms with Gasteiger partial charge in [-0.25, -0.2) is 0 Å². The first kappa shape index (κ1) is 13.9. The molecule has 0 spiro atoms. The van der Waals surface area contributed by atoms with Gasteiger partial charge in [0.1, 0.15) is 5.75 Å². The number of thiophene rings is 1. The number of methoxy groups -OCH3 is 1. The number of hydrogen-bond acceptors (Lipinski definition) is 2. The van der Waals surface area contributed by atoms with Crippen molar-refractivity contribution in [2.24, 2.45) is 0 Å². The Labute approximate surface area is 135 Å². The van der Waals surface area contributed by atoms with Gasteiger partial charge in [0.05, 0.1) is 12.5 Å². The van der Waals surface area contributed by atoms with Crippen LogP contribution < -0.4 is 4.74 Å². The van der Waals surface area contributed by atoms with Crippen LogP contribution in [-0.2, 0) is 0 Å². The summed E-state index contributed by atoms with van der Waals surface area (Å²) in [7, 11) is 1.67. The standard InChI is InChI=1S/C16H12BrClOS/c1-19-11-5-2-4-10(8-11)15(18)13-9-20-16-12(13)6-3-7-14(16)17/h2-9,15H,1H3. The predicted octanol–water partition coefficient (Wildman–Crippen LogP) is 6.00. The number of halogens is 2. The minimum absolute atomic E-state index is 0.173. The summed E-state index contributed by atoms with van der Waals surface area (Å²) in [5, 5.41) is 3.16. The maximum absolute atomic E-state index is 6.67. The Kier molecular flexibility index (Phi) is 4.01. The molecule has 4 heteroatoms. The Bertz CT molecular complexity index is 753. The van der Waals surface area contributed by atoms with Crippen LogP contribution in [0, 0.1) is 0 Å². The molecule has 1 unspecified atom stereocenters. The van der Waals surface area contributed by atoms with E-state index in [2.05, 4.69) is 33.4 Å². The maximum Gasteiger partial charge on any atom is 0.119 e. The molecule has 0 fully saturated rings. The summed E-state index contributed by atoms with van der Waals surface area (Å²) in [6.45, 7) is 0. The monoisotopic (exact) mass is 366 g/mol. The lowest BCUT2D eigenvalue weighted by molar-refractivity contribution is 0.414. The zero-order chi connectivity index (χ0) is 14.1. The van der Waals surface area contributed by atoms with Gasteiger partial charge < -0.3 is 4.74 Å². The van der Waals surface area contributed by atoms with Crippen molar-refractivity contribution in [1.82, 2.24) is 0 Å². The highest BCUT2D eigenvalue weighted by atomic mass is 79.9. The topological polar surface area (TPSA) is 9.23 Å². The molecule has 3 aromatic rings. The van der Waals surface area contributed by atoms with Crippen molar-refractivity contribution in [2.45, 2.75) is 5.38 Å². The first-order valence-electron chi connectivity index (χ1n) is 6.14. The number of alkyl halides is 1. The Morgan fingerprint density at radius 3 is 2.80 bits per heavy atom. The highest BCUT2D eigenvalue weighted by Gasteiger charge is 2.16. The zero-order valence-electron chi connectivity index (χ0n) is 10.8. The summed E-state index contributed by atoms with van der Waals surface area (Å²) >= 11 is 12.0. The van der Waals surface area contributed by atoms with E-state index in [1.807, 2.05) is 30.3 Å². The fourth-order valence-electron chi connectivity index (χ4n) is 2.22. The second-order valence-electron chi connectivity index (χ2n) is 4.45. The molecule has 0 bridgehead atoms. The van der Waals surface area contributed by atoms with Crippen molar-refractivity contribution < 1.29 is 4.74 Å². The van der Waals surface area contributed by atoms with Crippen molar-refractivity contribution in [3.8, 4) is 5.75 Å². The molecule has 1 heterocycles. The maximum atomic E-state index is 6.67. The van der Waals surface area contributed by atoms with Gasteiger partial charge in [0.25, 0.3) is 0 Å². The molecular formula is C16H12BrClOS. The van der Waals surface area contributed by atoms with Crippen LogP contribution in [0.1, 0.15) is 16.5 Å². The molecule has 3 rings (SSSR count). The minimum atomic E-state index is -0.173. The van der Waals surface area contributed by atoms with Crippen LogP contribution in [-0.4, -0.2) is 7.11 Å². The highest BCUT2D eigenvalue weighted by Crippen LogP contribution is 2.40. The minimum Gasteiger partial charge on any atom is -0.497 e. The average molecular weight is 368 g/mol. The molecular weight excluding hydrogens is 356 g/mol. The predicted molar refractivity (Wildman–Crippen MR) is 90.2 cm³/mol. The molecule has 0 saturated heterocycles. The largest absolute Gasteiger partial charge is 0.497 e. The third-order valence-electron chi connectivity index (χ3n) is 3.24. The molecule has 2 aromatic carbocycles. The SMILES string of the molecule is COc1cccc(C(Cl)c2csc3c(Br)cccc23)c1. The fourth-order valence-corrected chi connectivity index (χ4v) is 4.26. The molecule has 1 aromatic heterocycles. The number of benzene rings is 2. The average Bonchev–Trinajstić information content (AvgIpc) is 2.92. The zero-order valence-corrected chi connectivity index (χ0v) is 13.9. The van der Waals surface area contributed by atoms with Crippen molar-refractivity contribution in [1.29, 1.82) is 0 Å². The molecule has 0 aliphatic heterocycles. The lowest BCUT2D eigenvalue weighted by atomic mass is 10.0. The van der Waals surface area contributed by atoms with Gasteiger partial charge in [-0.1, -0.05) is 24.3 Å². The van der Waals surface area contributed by atoms with E-state index in [-0.39, 0.29) is 5.38 Å². The van der Waals surface area contributed by atoms with Crippen LogP contribution in [0.5, 0.6) is 5.75 Å². The van der Waals surface area contributed by atoms with Gasteiger partial charge >= 0.3 is 0 Å². The molecule has 0 radical (unpaired) electrons. The van der Waals surface area contributed by atoms with Crippen LogP contribution in [0.25, 0.3) is 10.1 Å². The van der Waals surface area contributed by atoms with Crippen LogP contribution in [0.3, 0.4) is 0 Å². The van der Waals surface area contributed by atoms with E-state index in [1.54, 1.807) is 18.4 Å². The van der Waals surface area contributed by atoms with Gasteiger partial charge in [-0.15, -0.1) is 22.9 Å². The van der Waals surface area contributed by atoms with Gasteiger partial charge in [0.15, 0.2) is 0 Å². The van der Waals surface area contributed by atoms with Crippen molar-refractivity contribution in [3.63, 3.8) is 0 Å². The Morgan fingerprint density at radius 2 is 2.00 bits per heavy atom. The van der Waals surface area contributed by atoms with Crippen molar-refractivity contribution >= 4 is 49.0 Å². The highest BCUT2D eigenvalue weighted by molar-refractivity contribution is 9.10. The molecule has 0 saturated carbocycles. The van der Waals surface area contributed by atoms with Gasteiger partial charge in [0.2, 0.25) is 0 Å². The van der Waals surface area contributed by atoms with Gasteiger partial charge in [-0.3, -0.25) is 0 Å². The Balaban J connectivity index is 2.08. The lowest BCUT2D eigenvalue weighted by Gasteiger charge is -2.11. The molecule has 1 atom stereocenters. The number of rotatable bonds is 3. The summed E-state index contributed by atoms with van der Waals surface area (Å²) in [5.74, 6) is 0.828. The Hall–Kier alpha value is -1.03. The van der Waals surface area contributed by atoms with E-state index >= 15 is 0 Å². The Morgan fingerprint density at radius 1 is 1.20 bits per heavy atom. The van der Waals surface area contributed by atoms with E-state index < -0.39 is 0 Å². The molecule has 1 nitrogen and oxygen atoms in total. The number of hydrogen-bond donors (Lipinski definition) is 0. The van der Waals surface area contributed by atoms with Crippen molar-refractivity contribution in [2.75, 3.05) is 7.11 Å². The third kappa shape index (κ3) is 2.46. The van der Waals surface area contributed by atoms with Crippen LogP contribution in [0.2, 0.25) is 0 Å².